The first-order valence-electron chi connectivity index (χ1n) is 4.91. The molecule has 0 bridgehead atoms. The van der Waals surface area contributed by atoms with E-state index in [9.17, 15) is 4.57 Å². The Hall–Kier alpha value is -0.390. The van der Waals surface area contributed by atoms with Crippen LogP contribution in [-0.2, 0) is 13.8 Å². The van der Waals surface area contributed by atoms with Gasteiger partial charge >= 0.3 is 7.82 Å². The molecular weight excluding hydrogens is 233 g/mol. The van der Waals surface area contributed by atoms with Gasteiger partial charge in [-0.2, -0.15) is 0 Å². The molecule has 2 N–H and O–H groups in total. The molecule has 0 rings (SSSR count). The molecule has 7 heteroatoms. The van der Waals surface area contributed by atoms with E-state index in [0.29, 0.717) is 24.1 Å². The van der Waals surface area contributed by atoms with Gasteiger partial charge in [0.25, 0.3) is 0 Å². The lowest BCUT2D eigenvalue weighted by atomic mass is 10.2. The van der Waals surface area contributed by atoms with Crippen molar-refractivity contribution >= 4 is 7.82 Å². The third-order valence-corrected chi connectivity index (χ3v) is 2.29. The lowest BCUT2D eigenvalue weighted by molar-refractivity contribution is -0.873. The van der Waals surface area contributed by atoms with Crippen LogP contribution in [0.2, 0.25) is 0 Å². The standard InChI is InChI=1S/C9H20NO5P/c1-5-14-7-6-9(8-10(2,3)4)15-16(11,12)13/h5,9H,1,6-8H2,2-4H3,(H-,11,12,13)/p+1. The van der Waals surface area contributed by atoms with Crippen molar-refractivity contribution in [2.24, 2.45) is 0 Å². The molecule has 0 saturated heterocycles. The highest BCUT2D eigenvalue weighted by atomic mass is 31.2. The summed E-state index contributed by atoms with van der Waals surface area (Å²) in [4.78, 5) is 17.5. The van der Waals surface area contributed by atoms with Crippen LogP contribution in [0.15, 0.2) is 12.8 Å². The molecule has 0 heterocycles. The highest BCUT2D eigenvalue weighted by molar-refractivity contribution is 7.46. The highest BCUT2D eigenvalue weighted by Gasteiger charge is 2.26. The number of rotatable bonds is 8. The minimum absolute atomic E-state index is 0.328. The van der Waals surface area contributed by atoms with Crippen LogP contribution in [0.5, 0.6) is 0 Å². The summed E-state index contributed by atoms with van der Waals surface area (Å²) in [7, 11) is 1.32. The molecule has 0 aromatic carbocycles. The van der Waals surface area contributed by atoms with Gasteiger partial charge in [-0.05, 0) is 0 Å². The highest BCUT2D eigenvalue weighted by Crippen LogP contribution is 2.38. The Balaban J connectivity index is 4.27. The Labute approximate surface area is 96.3 Å². The number of nitrogens with zero attached hydrogens (tertiary/aromatic N) is 1. The first-order chi connectivity index (χ1) is 7.14. The van der Waals surface area contributed by atoms with Crippen LogP contribution in [0, 0.1) is 0 Å². The second-order valence-corrected chi connectivity index (χ2v) is 5.71. The fourth-order valence-electron chi connectivity index (χ4n) is 1.27. The molecule has 1 unspecified atom stereocenters. The molecule has 16 heavy (non-hydrogen) atoms. The van der Waals surface area contributed by atoms with Crippen molar-refractivity contribution in [3.63, 3.8) is 0 Å². The SMILES string of the molecule is C=COCCC(C[N+](C)(C)C)OP(=O)(O)O. The van der Waals surface area contributed by atoms with E-state index in [4.69, 9.17) is 19.0 Å². The minimum Gasteiger partial charge on any atom is -0.502 e. The van der Waals surface area contributed by atoms with E-state index in [1.807, 2.05) is 21.1 Å². The molecule has 0 aliphatic rings. The fourth-order valence-corrected chi connectivity index (χ4v) is 1.83. The van der Waals surface area contributed by atoms with Crippen LogP contribution in [0.25, 0.3) is 0 Å². The maximum absolute atomic E-state index is 10.8. The summed E-state index contributed by atoms with van der Waals surface area (Å²) in [5.74, 6) is 0. The first kappa shape index (κ1) is 15.6. The Morgan fingerprint density at radius 1 is 1.44 bits per heavy atom. The van der Waals surface area contributed by atoms with Crippen LogP contribution in [0.1, 0.15) is 6.42 Å². The Bertz CT molecular complexity index is 257. The van der Waals surface area contributed by atoms with E-state index in [0.717, 1.165) is 0 Å². The topological polar surface area (TPSA) is 76.0 Å². The Morgan fingerprint density at radius 2 is 2.00 bits per heavy atom. The molecule has 0 aromatic heterocycles. The number of hydrogen-bond acceptors (Lipinski definition) is 3. The Kier molecular flexibility index (Phi) is 6.22. The van der Waals surface area contributed by atoms with Gasteiger partial charge in [-0.25, -0.2) is 4.57 Å². The number of quaternary nitrogens is 1. The van der Waals surface area contributed by atoms with Gasteiger partial charge in [0.15, 0.2) is 0 Å². The van der Waals surface area contributed by atoms with Crippen molar-refractivity contribution in [3.05, 3.63) is 12.8 Å². The minimum atomic E-state index is -4.45. The van der Waals surface area contributed by atoms with Gasteiger partial charge in [0.2, 0.25) is 0 Å². The number of likely N-dealkylation sites (N-methyl/N-ethyl adjacent to an activating group) is 1. The molecule has 0 aromatic rings. The largest absolute Gasteiger partial charge is 0.502 e. The fraction of sp³-hybridized carbons (Fsp3) is 0.778. The summed E-state index contributed by atoms with van der Waals surface area (Å²) < 4.78 is 20.9. The lowest BCUT2D eigenvalue weighted by Gasteiger charge is -2.29. The van der Waals surface area contributed by atoms with Crippen molar-refractivity contribution in [1.82, 2.24) is 0 Å². The zero-order valence-electron chi connectivity index (χ0n) is 10.00. The monoisotopic (exact) mass is 254 g/mol. The molecule has 0 radical (unpaired) electrons. The van der Waals surface area contributed by atoms with Crippen molar-refractivity contribution in [2.75, 3.05) is 34.3 Å². The van der Waals surface area contributed by atoms with Gasteiger partial charge < -0.3 is 19.0 Å². The van der Waals surface area contributed by atoms with Gasteiger partial charge in [0.05, 0.1) is 34.0 Å². The third kappa shape index (κ3) is 10.1. The first-order valence-corrected chi connectivity index (χ1v) is 6.44. The van der Waals surface area contributed by atoms with E-state index in [-0.39, 0.29) is 0 Å². The molecule has 0 fully saturated rings. The lowest BCUT2D eigenvalue weighted by Crippen LogP contribution is -2.42. The predicted octanol–water partition coefficient (Wildman–Crippen LogP) is 0.721. The van der Waals surface area contributed by atoms with Crippen molar-refractivity contribution < 1.29 is 28.1 Å². The van der Waals surface area contributed by atoms with Crippen LogP contribution < -0.4 is 0 Å². The van der Waals surface area contributed by atoms with E-state index in [2.05, 4.69) is 6.58 Å². The molecule has 96 valence electrons. The average Bonchev–Trinajstić information content (AvgIpc) is 1.97. The normalized spacial score (nSPS) is 14.6. The molecule has 1 atom stereocenters. The number of ether oxygens (including phenoxy) is 1. The van der Waals surface area contributed by atoms with E-state index in [1.54, 1.807) is 0 Å². The van der Waals surface area contributed by atoms with E-state index in [1.165, 1.54) is 6.26 Å². The summed E-state index contributed by atoms with van der Waals surface area (Å²) in [6, 6.07) is 0. The average molecular weight is 254 g/mol. The molecule has 0 aliphatic heterocycles. The molecular formula is C9H21NO5P+. The predicted molar refractivity (Wildman–Crippen MR) is 60.6 cm³/mol. The molecule has 0 amide bonds. The summed E-state index contributed by atoms with van der Waals surface area (Å²) in [5, 5.41) is 0. The quantitative estimate of drug-likeness (QED) is 0.289. The molecule has 6 nitrogen and oxygen atoms in total. The zero-order valence-corrected chi connectivity index (χ0v) is 10.9. The van der Waals surface area contributed by atoms with E-state index >= 15 is 0 Å². The van der Waals surface area contributed by atoms with Crippen LogP contribution in [0.4, 0.5) is 0 Å². The smallest absolute Gasteiger partial charge is 0.470 e. The van der Waals surface area contributed by atoms with Crippen LogP contribution in [0.3, 0.4) is 0 Å². The van der Waals surface area contributed by atoms with Gasteiger partial charge in [-0.15, -0.1) is 0 Å². The summed E-state index contributed by atoms with van der Waals surface area (Å²) in [5.41, 5.74) is 0. The summed E-state index contributed by atoms with van der Waals surface area (Å²) in [6.45, 7) is 4.21. The van der Waals surface area contributed by atoms with Crippen LogP contribution in [-0.4, -0.2) is 54.7 Å². The maximum Gasteiger partial charge on any atom is 0.470 e. The van der Waals surface area contributed by atoms with Crippen molar-refractivity contribution in [2.45, 2.75) is 12.5 Å². The van der Waals surface area contributed by atoms with Gasteiger partial charge in [0, 0.05) is 6.42 Å². The maximum atomic E-state index is 10.8. The second-order valence-electron chi connectivity index (χ2n) is 4.52. The molecule has 0 spiro atoms. The second kappa shape index (κ2) is 6.37. The molecule has 0 aliphatic carbocycles. The van der Waals surface area contributed by atoms with E-state index < -0.39 is 13.9 Å². The third-order valence-electron chi connectivity index (χ3n) is 1.71. The molecule has 0 saturated carbocycles. The number of phosphoric ester groups is 1. The summed E-state index contributed by atoms with van der Waals surface area (Å²) in [6.07, 6.45) is 1.16. The summed E-state index contributed by atoms with van der Waals surface area (Å²) >= 11 is 0. The van der Waals surface area contributed by atoms with Crippen LogP contribution >= 0.6 is 7.82 Å². The van der Waals surface area contributed by atoms with Crippen molar-refractivity contribution in [3.8, 4) is 0 Å². The van der Waals surface area contributed by atoms with Gasteiger partial charge in [0.1, 0.15) is 12.6 Å². The van der Waals surface area contributed by atoms with Gasteiger partial charge in [-0.3, -0.25) is 4.52 Å². The van der Waals surface area contributed by atoms with Gasteiger partial charge in [-0.1, -0.05) is 6.58 Å². The zero-order chi connectivity index (χ0) is 12.8. The Morgan fingerprint density at radius 3 is 2.38 bits per heavy atom. The van der Waals surface area contributed by atoms with Crippen molar-refractivity contribution in [1.29, 1.82) is 0 Å². The number of hydrogen-bond donors (Lipinski definition) is 2. The number of phosphoric acid groups is 1.